The maximum atomic E-state index is 11.7. The third-order valence-electron chi connectivity index (χ3n) is 4.74. The van der Waals surface area contributed by atoms with E-state index in [-0.39, 0.29) is 11.9 Å². The third-order valence-corrected chi connectivity index (χ3v) is 4.74. The summed E-state index contributed by atoms with van der Waals surface area (Å²) in [7, 11) is 0. The Labute approximate surface area is 179 Å². The maximum Gasteiger partial charge on any atom is 0.305 e. The van der Waals surface area contributed by atoms with Crippen LogP contribution in [0.4, 0.5) is 0 Å². The highest BCUT2D eigenvalue weighted by molar-refractivity contribution is 5.69. The van der Waals surface area contributed by atoms with Crippen LogP contribution in [0.15, 0.2) is 0 Å². The van der Waals surface area contributed by atoms with Crippen LogP contribution in [0.5, 0.6) is 0 Å². The minimum Gasteiger partial charge on any atom is -0.466 e. The first-order valence-electron chi connectivity index (χ1n) is 12.0. The summed E-state index contributed by atoms with van der Waals surface area (Å²) in [5.74, 6) is 6.15. The van der Waals surface area contributed by atoms with E-state index in [4.69, 9.17) is 9.47 Å². The van der Waals surface area contributed by atoms with Crippen molar-refractivity contribution in [3.63, 3.8) is 0 Å². The zero-order chi connectivity index (χ0) is 21.4. The number of hydrogen-bond acceptors (Lipinski definition) is 4. The Balaban J connectivity index is 3.25. The number of unbranched alkanes of at least 4 members (excludes halogenated alkanes) is 11. The molecule has 0 spiro atoms. The van der Waals surface area contributed by atoms with E-state index in [2.05, 4.69) is 18.8 Å². The number of hydrogen-bond donors (Lipinski definition) is 0. The predicted octanol–water partition coefficient (Wildman–Crippen LogP) is 6.75. The summed E-state index contributed by atoms with van der Waals surface area (Å²) >= 11 is 0. The lowest BCUT2D eigenvalue weighted by molar-refractivity contribution is -0.144. The maximum absolute atomic E-state index is 11.7. The Bertz CT molecular complexity index is 447. The van der Waals surface area contributed by atoms with Gasteiger partial charge in [-0.3, -0.25) is 9.59 Å². The van der Waals surface area contributed by atoms with Crippen molar-refractivity contribution in [2.24, 2.45) is 0 Å². The van der Waals surface area contributed by atoms with Crippen molar-refractivity contribution < 1.29 is 19.1 Å². The molecule has 4 nitrogen and oxygen atoms in total. The topological polar surface area (TPSA) is 52.6 Å². The van der Waals surface area contributed by atoms with E-state index >= 15 is 0 Å². The summed E-state index contributed by atoms with van der Waals surface area (Å²) in [5.41, 5.74) is 0. The molecule has 0 aromatic rings. The molecule has 0 rings (SSSR count). The molecule has 29 heavy (non-hydrogen) atoms. The molecule has 0 aliphatic rings. The van der Waals surface area contributed by atoms with Crippen molar-refractivity contribution in [1.29, 1.82) is 0 Å². The number of carbonyl (C=O) groups is 2. The normalized spacial score (nSPS) is 10.3. The second kappa shape index (κ2) is 22.8. The quantitative estimate of drug-likeness (QED) is 0.135. The van der Waals surface area contributed by atoms with Crippen LogP contribution in [0, 0.1) is 11.8 Å². The largest absolute Gasteiger partial charge is 0.466 e. The van der Waals surface area contributed by atoms with Gasteiger partial charge in [0.2, 0.25) is 0 Å². The van der Waals surface area contributed by atoms with Crippen molar-refractivity contribution in [2.45, 2.75) is 123 Å². The predicted molar refractivity (Wildman–Crippen MR) is 120 cm³/mol. The van der Waals surface area contributed by atoms with Crippen molar-refractivity contribution in [1.82, 2.24) is 0 Å². The molecule has 0 fully saturated rings. The summed E-state index contributed by atoms with van der Waals surface area (Å²) in [5, 5.41) is 0. The third kappa shape index (κ3) is 22.7. The van der Waals surface area contributed by atoms with Gasteiger partial charge in [0.05, 0.1) is 13.2 Å². The van der Waals surface area contributed by atoms with Gasteiger partial charge in [0.25, 0.3) is 0 Å². The molecule has 0 aromatic carbocycles. The zero-order valence-electron chi connectivity index (χ0n) is 19.1. The second-order valence-electron chi connectivity index (χ2n) is 7.64. The Kier molecular flexibility index (Phi) is 21.6. The molecular formula is C25H44O4. The monoisotopic (exact) mass is 408 g/mol. The number of esters is 2. The van der Waals surface area contributed by atoms with Crippen LogP contribution in [0.1, 0.15) is 123 Å². The van der Waals surface area contributed by atoms with Crippen LogP contribution >= 0.6 is 0 Å². The zero-order valence-corrected chi connectivity index (χ0v) is 19.1. The van der Waals surface area contributed by atoms with Gasteiger partial charge in [0, 0.05) is 25.7 Å². The second-order valence-corrected chi connectivity index (χ2v) is 7.64. The molecule has 0 unspecified atom stereocenters. The van der Waals surface area contributed by atoms with Gasteiger partial charge in [0.15, 0.2) is 0 Å². The van der Waals surface area contributed by atoms with Gasteiger partial charge in [0.1, 0.15) is 0 Å². The van der Waals surface area contributed by atoms with Gasteiger partial charge < -0.3 is 9.47 Å². The van der Waals surface area contributed by atoms with E-state index in [9.17, 15) is 9.59 Å². The van der Waals surface area contributed by atoms with Crippen molar-refractivity contribution >= 4 is 11.9 Å². The van der Waals surface area contributed by atoms with Gasteiger partial charge in [-0.25, -0.2) is 0 Å². The fourth-order valence-corrected chi connectivity index (χ4v) is 3.03. The first-order chi connectivity index (χ1) is 14.2. The Morgan fingerprint density at radius 2 is 1.07 bits per heavy atom. The molecule has 0 aliphatic carbocycles. The molecule has 0 saturated carbocycles. The number of rotatable bonds is 19. The van der Waals surface area contributed by atoms with Crippen LogP contribution in [0.25, 0.3) is 0 Å². The molecule has 0 radical (unpaired) electrons. The molecule has 0 amide bonds. The first kappa shape index (κ1) is 27.5. The number of ether oxygens (including phenoxy) is 2. The molecule has 0 heterocycles. The highest BCUT2D eigenvalue weighted by Gasteiger charge is 2.04. The van der Waals surface area contributed by atoms with E-state index in [0.29, 0.717) is 26.1 Å². The molecule has 0 atom stereocenters. The minimum atomic E-state index is -0.0770. The van der Waals surface area contributed by atoms with Crippen LogP contribution in [0.2, 0.25) is 0 Å². The molecule has 0 bridgehead atoms. The van der Waals surface area contributed by atoms with Gasteiger partial charge in [-0.2, -0.15) is 0 Å². The molecule has 0 aromatic heterocycles. The minimum absolute atomic E-state index is 0.0573. The van der Waals surface area contributed by atoms with Crippen molar-refractivity contribution in [3.8, 4) is 11.8 Å². The SMILES string of the molecule is CCC#CCCCCCCCCOC(=O)CCCCCCCCC(=O)OCCC. The summed E-state index contributed by atoms with van der Waals surface area (Å²) < 4.78 is 10.4. The molecule has 0 aliphatic heterocycles. The molecule has 4 heteroatoms. The fourth-order valence-electron chi connectivity index (χ4n) is 3.03. The summed E-state index contributed by atoms with van der Waals surface area (Å²) in [6.07, 6.45) is 17.1. The Morgan fingerprint density at radius 3 is 1.62 bits per heavy atom. The first-order valence-corrected chi connectivity index (χ1v) is 12.0. The van der Waals surface area contributed by atoms with Crippen LogP contribution in [-0.4, -0.2) is 25.2 Å². The van der Waals surface area contributed by atoms with Gasteiger partial charge in [-0.1, -0.05) is 65.2 Å². The lowest BCUT2D eigenvalue weighted by atomic mass is 10.1. The standard InChI is InChI=1S/C25H44O4/c1-3-5-6-7-8-9-10-13-16-19-23-29-25(27)21-18-15-12-11-14-17-20-24(26)28-22-4-2/h3-4,7-23H2,1-2H3. The highest BCUT2D eigenvalue weighted by Crippen LogP contribution is 2.10. The van der Waals surface area contributed by atoms with E-state index in [1.807, 2.05) is 6.92 Å². The molecule has 0 N–H and O–H groups in total. The lowest BCUT2D eigenvalue weighted by Crippen LogP contribution is -2.05. The summed E-state index contributed by atoms with van der Waals surface area (Å²) in [6.45, 7) is 5.18. The molecular weight excluding hydrogens is 364 g/mol. The van der Waals surface area contributed by atoms with Gasteiger partial charge in [-0.05, 0) is 32.1 Å². The average molecular weight is 409 g/mol. The summed E-state index contributed by atoms with van der Waals surface area (Å²) in [4.78, 5) is 23.1. The van der Waals surface area contributed by atoms with E-state index in [1.54, 1.807) is 0 Å². The Hall–Kier alpha value is -1.50. The van der Waals surface area contributed by atoms with Gasteiger partial charge >= 0.3 is 11.9 Å². The van der Waals surface area contributed by atoms with Crippen molar-refractivity contribution in [2.75, 3.05) is 13.2 Å². The fraction of sp³-hybridized carbons (Fsp3) is 0.840. The number of carbonyl (C=O) groups excluding carboxylic acids is 2. The van der Waals surface area contributed by atoms with Crippen LogP contribution in [-0.2, 0) is 19.1 Å². The smallest absolute Gasteiger partial charge is 0.305 e. The van der Waals surface area contributed by atoms with E-state index in [0.717, 1.165) is 70.6 Å². The average Bonchev–Trinajstić information content (AvgIpc) is 2.72. The van der Waals surface area contributed by atoms with Crippen molar-refractivity contribution in [3.05, 3.63) is 0 Å². The molecule has 0 saturated heterocycles. The van der Waals surface area contributed by atoms with E-state index < -0.39 is 0 Å². The highest BCUT2D eigenvalue weighted by atomic mass is 16.5. The van der Waals surface area contributed by atoms with E-state index in [1.165, 1.54) is 25.7 Å². The van der Waals surface area contributed by atoms with Crippen LogP contribution in [0.3, 0.4) is 0 Å². The molecule has 168 valence electrons. The van der Waals surface area contributed by atoms with Gasteiger partial charge in [-0.15, -0.1) is 11.8 Å². The Morgan fingerprint density at radius 1 is 0.586 bits per heavy atom. The lowest BCUT2D eigenvalue weighted by Gasteiger charge is -2.05. The van der Waals surface area contributed by atoms with Crippen LogP contribution < -0.4 is 0 Å². The summed E-state index contributed by atoms with van der Waals surface area (Å²) in [6, 6.07) is 0.